The second-order valence-electron chi connectivity index (χ2n) is 6.15. The summed E-state index contributed by atoms with van der Waals surface area (Å²) < 4.78 is 0. The minimum atomic E-state index is -0.398. The number of carbonyl (C=O) groups excluding carboxylic acids is 3. The van der Waals surface area contributed by atoms with Crippen LogP contribution in [0.4, 0.5) is 4.79 Å². The molecule has 1 aliphatic heterocycles. The molecule has 1 saturated heterocycles. The number of imide groups is 1. The Balaban J connectivity index is 0.000000149. The van der Waals surface area contributed by atoms with Gasteiger partial charge >= 0.3 is 6.03 Å². The molecule has 3 rings (SSSR count). The number of fused-ring (bicyclic) bond motifs is 2. The van der Waals surface area contributed by atoms with Crippen molar-refractivity contribution in [1.82, 2.24) is 10.6 Å². The molecule has 5 heteroatoms. The first-order valence-corrected chi connectivity index (χ1v) is 6.38. The Bertz CT molecular complexity index is 402. The molecule has 2 bridgehead atoms. The predicted octanol–water partition coefficient (Wildman–Crippen LogP) is 1.23. The van der Waals surface area contributed by atoms with Crippen molar-refractivity contribution in [3.05, 3.63) is 0 Å². The van der Waals surface area contributed by atoms with Crippen LogP contribution in [-0.4, -0.2) is 24.3 Å². The van der Waals surface area contributed by atoms with E-state index >= 15 is 0 Å². The molecule has 2 atom stereocenters. The fourth-order valence-corrected chi connectivity index (χ4v) is 3.28. The Morgan fingerprint density at radius 3 is 2.00 bits per heavy atom. The second-order valence-corrected chi connectivity index (χ2v) is 6.15. The molecule has 18 heavy (non-hydrogen) atoms. The van der Waals surface area contributed by atoms with Crippen LogP contribution < -0.4 is 10.6 Å². The van der Waals surface area contributed by atoms with E-state index in [2.05, 4.69) is 26.1 Å². The fraction of sp³-hybridized carbons (Fsp3) is 0.769. The lowest BCUT2D eigenvalue weighted by atomic mass is 9.70. The van der Waals surface area contributed by atoms with E-state index < -0.39 is 6.03 Å². The maximum Gasteiger partial charge on any atom is 0.321 e. The van der Waals surface area contributed by atoms with Crippen molar-refractivity contribution in [1.29, 1.82) is 0 Å². The summed E-state index contributed by atoms with van der Waals surface area (Å²) in [6.07, 6.45) is 3.25. The Kier molecular flexibility index (Phi) is 2.95. The van der Waals surface area contributed by atoms with Crippen LogP contribution in [0.2, 0.25) is 0 Å². The Labute approximate surface area is 107 Å². The maximum atomic E-state index is 11.6. The Morgan fingerprint density at radius 1 is 1.17 bits per heavy atom. The Hall–Kier alpha value is -1.39. The molecule has 3 amide bonds. The standard InChI is InChI=1S/C10H16O.C3H4N2O2/c1-9(2)7-4-5-10(9,3)8(11)6-7;6-2-1-4-3(7)5-2/h7H,4-6H2,1-3H3;1H2,(H2,4,5,6,7). The van der Waals surface area contributed by atoms with E-state index in [-0.39, 0.29) is 23.3 Å². The first-order chi connectivity index (χ1) is 8.27. The van der Waals surface area contributed by atoms with Gasteiger partial charge < -0.3 is 5.32 Å². The van der Waals surface area contributed by atoms with Crippen LogP contribution >= 0.6 is 0 Å². The SMILES string of the molecule is CC12CCC(CC1=O)C2(C)C.O=C1CNC(=O)N1. The number of hydrogen-bond donors (Lipinski definition) is 2. The van der Waals surface area contributed by atoms with Crippen LogP contribution in [0.5, 0.6) is 0 Å². The smallest absolute Gasteiger partial charge is 0.321 e. The average molecular weight is 252 g/mol. The summed E-state index contributed by atoms with van der Waals surface area (Å²) in [5.74, 6) is 0.934. The molecule has 0 radical (unpaired) electrons. The minimum Gasteiger partial charge on any atom is -0.329 e. The molecular formula is C13H20N2O3. The van der Waals surface area contributed by atoms with Gasteiger partial charge in [-0.25, -0.2) is 4.79 Å². The summed E-state index contributed by atoms with van der Waals surface area (Å²) in [6, 6.07) is -0.398. The van der Waals surface area contributed by atoms with E-state index in [1.807, 2.05) is 5.32 Å². The summed E-state index contributed by atoms with van der Waals surface area (Å²) in [4.78, 5) is 31.6. The van der Waals surface area contributed by atoms with E-state index in [9.17, 15) is 14.4 Å². The van der Waals surface area contributed by atoms with Gasteiger partial charge in [-0.05, 0) is 24.2 Å². The summed E-state index contributed by atoms with van der Waals surface area (Å²) in [6.45, 7) is 6.80. The van der Waals surface area contributed by atoms with Crippen LogP contribution in [-0.2, 0) is 9.59 Å². The van der Waals surface area contributed by atoms with Crippen molar-refractivity contribution in [3.8, 4) is 0 Å². The highest BCUT2D eigenvalue weighted by atomic mass is 16.2. The largest absolute Gasteiger partial charge is 0.329 e. The molecular weight excluding hydrogens is 232 g/mol. The summed E-state index contributed by atoms with van der Waals surface area (Å²) in [5, 5.41) is 4.30. The van der Waals surface area contributed by atoms with Crippen molar-refractivity contribution >= 4 is 17.7 Å². The highest BCUT2D eigenvalue weighted by Crippen LogP contribution is 2.63. The molecule has 2 N–H and O–H groups in total. The lowest BCUT2D eigenvalue weighted by Gasteiger charge is -2.32. The maximum absolute atomic E-state index is 11.6. The number of amides is 3. The summed E-state index contributed by atoms with van der Waals surface area (Å²) >= 11 is 0. The van der Waals surface area contributed by atoms with Gasteiger partial charge in [0.1, 0.15) is 5.78 Å². The molecule has 2 saturated carbocycles. The van der Waals surface area contributed by atoms with Crippen molar-refractivity contribution in [2.45, 2.75) is 40.0 Å². The number of ketones is 1. The van der Waals surface area contributed by atoms with Crippen molar-refractivity contribution in [2.75, 3.05) is 6.54 Å². The third-order valence-electron chi connectivity index (χ3n) is 5.15. The van der Waals surface area contributed by atoms with E-state index in [0.29, 0.717) is 11.7 Å². The van der Waals surface area contributed by atoms with Gasteiger partial charge in [0.15, 0.2) is 0 Å². The zero-order valence-corrected chi connectivity index (χ0v) is 11.1. The van der Waals surface area contributed by atoms with Crippen LogP contribution in [0.3, 0.4) is 0 Å². The quantitative estimate of drug-likeness (QED) is 0.637. The Morgan fingerprint density at radius 2 is 1.83 bits per heavy atom. The molecule has 5 nitrogen and oxygen atoms in total. The third kappa shape index (κ3) is 1.82. The number of rotatable bonds is 0. The topological polar surface area (TPSA) is 75.3 Å². The predicted molar refractivity (Wildman–Crippen MR) is 65.8 cm³/mol. The molecule has 3 aliphatic rings. The van der Waals surface area contributed by atoms with Gasteiger partial charge in [-0.2, -0.15) is 0 Å². The molecule has 2 unspecified atom stereocenters. The summed E-state index contributed by atoms with van der Waals surface area (Å²) in [7, 11) is 0. The van der Waals surface area contributed by atoms with Crippen molar-refractivity contribution in [3.63, 3.8) is 0 Å². The van der Waals surface area contributed by atoms with Gasteiger partial charge in [0, 0.05) is 11.8 Å². The highest BCUT2D eigenvalue weighted by molar-refractivity contribution is 6.01. The van der Waals surface area contributed by atoms with Gasteiger partial charge in [0.25, 0.3) is 0 Å². The monoisotopic (exact) mass is 252 g/mol. The first-order valence-electron chi connectivity index (χ1n) is 6.38. The number of carbonyl (C=O) groups is 3. The second kappa shape index (κ2) is 4.07. The lowest BCUT2D eigenvalue weighted by Crippen LogP contribution is -2.32. The van der Waals surface area contributed by atoms with Crippen LogP contribution in [0, 0.1) is 16.7 Å². The molecule has 1 heterocycles. The van der Waals surface area contributed by atoms with Gasteiger partial charge in [-0.3, -0.25) is 14.9 Å². The summed E-state index contributed by atoms with van der Waals surface area (Å²) in [5.41, 5.74) is 0.307. The molecule has 0 spiro atoms. The van der Waals surface area contributed by atoms with E-state index in [4.69, 9.17) is 0 Å². The van der Waals surface area contributed by atoms with Gasteiger partial charge in [0.05, 0.1) is 6.54 Å². The highest BCUT2D eigenvalue weighted by Gasteiger charge is 2.61. The van der Waals surface area contributed by atoms with E-state index in [1.54, 1.807) is 0 Å². The molecule has 2 aliphatic carbocycles. The van der Waals surface area contributed by atoms with E-state index in [1.165, 1.54) is 6.42 Å². The molecule has 0 aromatic carbocycles. The first kappa shape index (κ1) is 13.1. The van der Waals surface area contributed by atoms with Crippen LogP contribution in [0.1, 0.15) is 40.0 Å². The van der Waals surface area contributed by atoms with Crippen molar-refractivity contribution < 1.29 is 14.4 Å². The lowest BCUT2D eigenvalue weighted by molar-refractivity contribution is -0.128. The average Bonchev–Trinajstić information content (AvgIpc) is 2.80. The third-order valence-corrected chi connectivity index (χ3v) is 5.15. The molecule has 0 aromatic heterocycles. The number of nitrogens with one attached hydrogen (secondary N) is 2. The fourth-order valence-electron chi connectivity index (χ4n) is 3.28. The van der Waals surface area contributed by atoms with Crippen LogP contribution in [0.25, 0.3) is 0 Å². The molecule has 100 valence electrons. The molecule has 3 fully saturated rings. The molecule has 0 aromatic rings. The zero-order chi connectivity index (χ0) is 13.6. The normalized spacial score (nSPS) is 35.9. The van der Waals surface area contributed by atoms with E-state index in [0.717, 1.165) is 12.8 Å². The van der Waals surface area contributed by atoms with Gasteiger partial charge in [-0.15, -0.1) is 0 Å². The zero-order valence-electron chi connectivity index (χ0n) is 11.1. The minimum absolute atomic E-state index is 0.0255. The van der Waals surface area contributed by atoms with Gasteiger partial charge in [-0.1, -0.05) is 20.8 Å². The van der Waals surface area contributed by atoms with Gasteiger partial charge in [0.2, 0.25) is 5.91 Å². The number of hydrogen-bond acceptors (Lipinski definition) is 3. The number of Topliss-reactive ketones (excluding diaryl/α,β-unsaturated/α-hetero) is 1. The van der Waals surface area contributed by atoms with Crippen molar-refractivity contribution in [2.24, 2.45) is 16.7 Å². The van der Waals surface area contributed by atoms with Crippen LogP contribution in [0.15, 0.2) is 0 Å². The number of urea groups is 1.